The van der Waals surface area contributed by atoms with Gasteiger partial charge in [-0.25, -0.2) is 0 Å². The number of hydrogen-bond acceptors (Lipinski definition) is 5. The van der Waals surface area contributed by atoms with Gasteiger partial charge < -0.3 is 13.6 Å². The highest BCUT2D eigenvalue weighted by Gasteiger charge is 2.22. The third-order valence-corrected chi connectivity index (χ3v) is 17.4. The number of pyridine rings is 3. The summed E-state index contributed by atoms with van der Waals surface area (Å²) < 4.78 is 11.6. The lowest BCUT2D eigenvalue weighted by Crippen LogP contribution is -2.04. The van der Waals surface area contributed by atoms with Gasteiger partial charge in [-0.1, -0.05) is 146 Å². The molecule has 1 aliphatic heterocycles. The van der Waals surface area contributed by atoms with Gasteiger partial charge in [0.25, 0.3) is 0 Å². The summed E-state index contributed by atoms with van der Waals surface area (Å²) in [5.41, 5.74) is 25.4. The maximum Gasteiger partial charge on any atom is 0.135 e. The van der Waals surface area contributed by atoms with Gasteiger partial charge in [-0.05, 0) is 178 Å². The van der Waals surface area contributed by atoms with Crippen molar-refractivity contribution < 1.29 is 4.42 Å². The van der Waals surface area contributed by atoms with Gasteiger partial charge in [0.15, 0.2) is 0 Å². The van der Waals surface area contributed by atoms with Crippen molar-refractivity contribution in [3.8, 4) is 89.7 Å². The minimum Gasteiger partial charge on any atom is -0.456 e. The van der Waals surface area contributed by atoms with E-state index in [2.05, 4.69) is 264 Å². The first kappa shape index (κ1) is 50.0. The molecule has 0 aliphatic carbocycles. The van der Waals surface area contributed by atoms with Gasteiger partial charge in [-0.3, -0.25) is 19.9 Å². The topological polar surface area (TPSA) is 74.0 Å². The molecular weight excluding hydrogens is 1060 g/mol. The van der Waals surface area contributed by atoms with Crippen molar-refractivity contribution in [1.82, 2.24) is 24.1 Å². The average molecular weight is 1110 g/mol. The Morgan fingerprint density at radius 3 is 0.989 bits per heavy atom. The standard InChI is InChI=1S/C80H52N6O/c1-5-21-61(71-25-9-13-41-81-71)57(17-1)51-29-35-75-65(45-51)66-46-52(58-18-2-6-22-62(58)72-26-10-14-42-82-72)30-36-76(66)85(75)55-33-39-79-69(49-55)70-50-56(34-40-80(70)87-79)86-77-37-31-53(59-19-3-7-23-63(59)73-27-11-15-43-83-73)47-67(77)68-48-54(32-38-78(68)86)60-20-4-8-24-64(60)74-28-12-16-44-84-74/h1-15,17-43,45-50H,16,44H2. The largest absolute Gasteiger partial charge is 0.456 e. The van der Waals surface area contributed by atoms with Gasteiger partial charge in [0, 0.05) is 91.1 Å². The molecule has 0 fully saturated rings. The third-order valence-electron chi connectivity index (χ3n) is 17.4. The molecule has 7 nitrogen and oxygen atoms in total. The molecule has 0 spiro atoms. The molecule has 7 heteroatoms. The Labute approximate surface area is 501 Å². The van der Waals surface area contributed by atoms with Crippen LogP contribution in [0.25, 0.3) is 155 Å². The summed E-state index contributed by atoms with van der Waals surface area (Å²) in [6.07, 6.45) is 11.0. The molecule has 0 atom stereocenters. The Morgan fingerprint density at radius 2 is 0.644 bits per heavy atom. The number of benzene rings is 10. The van der Waals surface area contributed by atoms with E-state index in [9.17, 15) is 0 Å². The van der Waals surface area contributed by atoms with Crippen molar-refractivity contribution >= 4 is 71.3 Å². The SMILES string of the molecule is C1=CC(c2ccccc2-c2ccc3c(c2)c2cc(-c4ccccc4-c4ccccn4)ccc2n3-c2ccc3oc4ccc(-n5c6ccc(-c7ccccc7-c7ccccn7)cc6c6cc(-c7ccccc7-c7ccccn7)ccc65)cc4c3c2)=NCC1. The molecule has 6 aromatic heterocycles. The maximum atomic E-state index is 6.76. The van der Waals surface area contributed by atoms with Crippen LogP contribution in [0.5, 0.6) is 0 Å². The minimum absolute atomic E-state index is 0.795. The molecule has 0 N–H and O–H groups in total. The zero-order chi connectivity index (χ0) is 57.4. The zero-order valence-corrected chi connectivity index (χ0v) is 47.2. The van der Waals surface area contributed by atoms with Crippen LogP contribution in [-0.2, 0) is 0 Å². The fraction of sp³-hybridized carbons (Fsp3) is 0.0250. The Balaban J connectivity index is 0.846. The van der Waals surface area contributed by atoms with Crippen LogP contribution in [0.15, 0.2) is 301 Å². The minimum atomic E-state index is 0.795. The lowest BCUT2D eigenvalue weighted by atomic mass is 9.93. The van der Waals surface area contributed by atoms with E-state index in [1.54, 1.807) is 0 Å². The van der Waals surface area contributed by atoms with Gasteiger partial charge in [0.1, 0.15) is 11.2 Å². The molecule has 87 heavy (non-hydrogen) atoms. The number of nitrogens with zero attached hydrogens (tertiary/aromatic N) is 6. The normalized spacial score (nSPS) is 12.5. The summed E-state index contributed by atoms with van der Waals surface area (Å²) in [5.74, 6) is 0. The molecule has 408 valence electrons. The highest BCUT2D eigenvalue weighted by Crippen LogP contribution is 2.44. The number of aromatic nitrogens is 5. The second kappa shape index (κ2) is 20.7. The van der Waals surface area contributed by atoms with E-state index in [4.69, 9.17) is 24.4 Å². The Hall–Kier alpha value is -11.5. The molecule has 0 amide bonds. The van der Waals surface area contributed by atoms with Crippen molar-refractivity contribution in [2.75, 3.05) is 6.54 Å². The molecule has 7 heterocycles. The highest BCUT2D eigenvalue weighted by atomic mass is 16.3. The van der Waals surface area contributed by atoms with Crippen LogP contribution in [0.1, 0.15) is 12.0 Å². The van der Waals surface area contributed by atoms with E-state index in [1.165, 1.54) is 0 Å². The van der Waals surface area contributed by atoms with E-state index in [1.807, 2.05) is 36.8 Å². The first-order chi connectivity index (χ1) is 43.1. The van der Waals surface area contributed by atoms with E-state index >= 15 is 0 Å². The first-order valence-corrected chi connectivity index (χ1v) is 29.6. The fourth-order valence-electron chi connectivity index (χ4n) is 13.4. The van der Waals surface area contributed by atoms with Crippen molar-refractivity contribution in [3.63, 3.8) is 0 Å². The van der Waals surface area contributed by atoms with Crippen LogP contribution in [0.3, 0.4) is 0 Å². The molecular formula is C80H52N6O. The predicted octanol–water partition coefficient (Wildman–Crippen LogP) is 20.4. The molecule has 1 aliphatic rings. The molecule has 0 radical (unpaired) electrons. The number of allylic oxidation sites excluding steroid dienone is 1. The average Bonchev–Trinajstić information content (AvgIpc) is 1.70. The molecule has 0 saturated carbocycles. The van der Waals surface area contributed by atoms with Crippen molar-refractivity contribution in [2.45, 2.75) is 6.42 Å². The Morgan fingerprint density at radius 1 is 0.299 bits per heavy atom. The number of rotatable bonds is 10. The highest BCUT2D eigenvalue weighted by molar-refractivity contribution is 6.17. The van der Waals surface area contributed by atoms with Gasteiger partial charge in [-0.2, -0.15) is 0 Å². The summed E-state index contributed by atoms with van der Waals surface area (Å²) in [6, 6.07) is 93.7. The summed E-state index contributed by atoms with van der Waals surface area (Å²) in [5, 5.41) is 6.69. The molecule has 17 rings (SSSR count). The Kier molecular flexibility index (Phi) is 11.9. The van der Waals surface area contributed by atoms with Gasteiger partial charge in [0.2, 0.25) is 0 Å². The second-order valence-corrected chi connectivity index (χ2v) is 22.3. The summed E-state index contributed by atoms with van der Waals surface area (Å²) in [6.45, 7) is 0.795. The van der Waals surface area contributed by atoms with Crippen molar-refractivity contribution in [3.05, 3.63) is 297 Å². The maximum absolute atomic E-state index is 6.76. The van der Waals surface area contributed by atoms with Gasteiger partial charge >= 0.3 is 0 Å². The number of aliphatic imine (C=N–C) groups is 1. The predicted molar refractivity (Wildman–Crippen MR) is 359 cm³/mol. The third kappa shape index (κ3) is 8.50. The number of fused-ring (bicyclic) bond motifs is 9. The molecule has 10 aromatic carbocycles. The quantitative estimate of drug-likeness (QED) is 0.137. The van der Waals surface area contributed by atoms with E-state index in [-0.39, 0.29) is 0 Å². The van der Waals surface area contributed by atoms with E-state index in [0.29, 0.717) is 0 Å². The molecule has 0 unspecified atom stereocenters. The van der Waals surface area contributed by atoms with Crippen molar-refractivity contribution in [2.24, 2.45) is 4.99 Å². The summed E-state index contributed by atoms with van der Waals surface area (Å²) >= 11 is 0. The van der Waals surface area contributed by atoms with Crippen LogP contribution in [-0.4, -0.2) is 36.3 Å². The fourth-order valence-corrected chi connectivity index (χ4v) is 13.4. The second-order valence-electron chi connectivity index (χ2n) is 22.3. The lowest BCUT2D eigenvalue weighted by Gasteiger charge is -2.13. The van der Waals surface area contributed by atoms with Crippen LogP contribution in [0, 0.1) is 0 Å². The first-order valence-electron chi connectivity index (χ1n) is 29.6. The van der Waals surface area contributed by atoms with E-state index in [0.717, 1.165) is 179 Å². The Bertz CT molecular complexity index is 5320. The monoisotopic (exact) mass is 1110 g/mol. The van der Waals surface area contributed by atoms with E-state index < -0.39 is 0 Å². The molecule has 0 saturated heterocycles. The van der Waals surface area contributed by atoms with Crippen LogP contribution in [0.4, 0.5) is 0 Å². The molecule has 16 aromatic rings. The zero-order valence-electron chi connectivity index (χ0n) is 47.2. The summed E-state index contributed by atoms with van der Waals surface area (Å²) in [7, 11) is 0. The van der Waals surface area contributed by atoms with Gasteiger partial charge in [-0.15, -0.1) is 0 Å². The van der Waals surface area contributed by atoms with Crippen molar-refractivity contribution in [1.29, 1.82) is 0 Å². The van der Waals surface area contributed by atoms with Crippen LogP contribution >= 0.6 is 0 Å². The summed E-state index contributed by atoms with van der Waals surface area (Å²) in [4.78, 5) is 19.3. The van der Waals surface area contributed by atoms with Crippen LogP contribution in [0.2, 0.25) is 0 Å². The smallest absolute Gasteiger partial charge is 0.135 e. The number of dihydropyridines is 1. The van der Waals surface area contributed by atoms with Crippen LogP contribution < -0.4 is 0 Å². The number of hydrogen-bond donors (Lipinski definition) is 0. The number of furan rings is 1. The van der Waals surface area contributed by atoms with Gasteiger partial charge in [0.05, 0.1) is 44.9 Å². The molecule has 0 bridgehead atoms. The lowest BCUT2D eigenvalue weighted by molar-refractivity contribution is 0.669.